The molecule has 4 rings (SSSR count). The molecule has 4 nitrogen and oxygen atoms in total. The molecular formula is C12H15F3N2O2. The molecule has 1 aliphatic carbocycles. The van der Waals surface area contributed by atoms with Crippen molar-refractivity contribution in [2.45, 2.75) is 31.0 Å². The van der Waals surface area contributed by atoms with Gasteiger partial charge in [0.25, 0.3) is 0 Å². The Bertz CT molecular complexity index is 443. The number of nitrogens with zero attached hydrogens (tertiary/aromatic N) is 2. The zero-order valence-electron chi connectivity index (χ0n) is 10.5. The molecule has 3 saturated heterocycles. The predicted molar refractivity (Wildman–Crippen MR) is 59.0 cm³/mol. The number of likely N-dealkylation sites (tertiary alicyclic amines) is 1. The Kier molecular flexibility index (Phi) is 2.44. The van der Waals surface area contributed by atoms with Crippen LogP contribution in [0.1, 0.15) is 19.3 Å². The summed E-state index contributed by atoms with van der Waals surface area (Å²) in [5, 5.41) is 0. The van der Waals surface area contributed by atoms with E-state index in [1.807, 2.05) is 0 Å². The Hall–Kier alpha value is -1.27. The van der Waals surface area contributed by atoms with Crippen molar-refractivity contribution in [2.24, 2.45) is 11.8 Å². The van der Waals surface area contributed by atoms with Gasteiger partial charge in [0, 0.05) is 26.6 Å². The molecule has 4 fully saturated rings. The highest BCUT2D eigenvalue weighted by atomic mass is 19.4. The van der Waals surface area contributed by atoms with Crippen molar-refractivity contribution in [1.82, 2.24) is 9.80 Å². The lowest BCUT2D eigenvalue weighted by Gasteiger charge is -2.43. The number of hydrogen-bond acceptors (Lipinski definition) is 2. The van der Waals surface area contributed by atoms with E-state index in [9.17, 15) is 22.8 Å². The predicted octanol–water partition coefficient (Wildman–Crippen LogP) is 1.02. The van der Waals surface area contributed by atoms with Crippen LogP contribution in [0.2, 0.25) is 0 Å². The minimum absolute atomic E-state index is 0.0265. The molecule has 0 aromatic carbocycles. The van der Waals surface area contributed by atoms with Gasteiger partial charge in [-0.3, -0.25) is 9.59 Å². The summed E-state index contributed by atoms with van der Waals surface area (Å²) < 4.78 is 39.5. The SMILES string of the molecule is CN1CC(C(=O)N2CC3CC2(C(F)(F)F)C3)CC1=O. The van der Waals surface area contributed by atoms with Crippen LogP contribution in [-0.4, -0.2) is 53.5 Å². The highest BCUT2D eigenvalue weighted by Gasteiger charge is 2.71. The van der Waals surface area contributed by atoms with Crippen LogP contribution in [-0.2, 0) is 9.59 Å². The van der Waals surface area contributed by atoms with Crippen LogP contribution >= 0.6 is 0 Å². The lowest BCUT2D eigenvalue weighted by Crippen LogP contribution is -2.59. The van der Waals surface area contributed by atoms with Gasteiger partial charge in [0.2, 0.25) is 11.8 Å². The third kappa shape index (κ3) is 1.59. The molecule has 7 heteroatoms. The Morgan fingerprint density at radius 3 is 2.42 bits per heavy atom. The Balaban J connectivity index is 1.80. The first-order valence-electron chi connectivity index (χ1n) is 6.37. The summed E-state index contributed by atoms with van der Waals surface area (Å²) in [5.74, 6) is -1.32. The summed E-state index contributed by atoms with van der Waals surface area (Å²) in [6.45, 7) is 0.416. The van der Waals surface area contributed by atoms with E-state index >= 15 is 0 Å². The van der Waals surface area contributed by atoms with Gasteiger partial charge >= 0.3 is 6.18 Å². The Morgan fingerprint density at radius 2 is 1.95 bits per heavy atom. The maximum atomic E-state index is 13.2. The Labute approximate surface area is 108 Å². The molecule has 19 heavy (non-hydrogen) atoms. The third-order valence-electron chi connectivity index (χ3n) is 4.69. The maximum absolute atomic E-state index is 13.2. The number of carbonyl (C=O) groups excluding carboxylic acids is 2. The van der Waals surface area contributed by atoms with Crippen molar-refractivity contribution in [2.75, 3.05) is 20.1 Å². The minimum atomic E-state index is -4.37. The molecule has 1 saturated carbocycles. The molecule has 2 bridgehead atoms. The topological polar surface area (TPSA) is 40.6 Å². The van der Waals surface area contributed by atoms with Crippen LogP contribution in [0.25, 0.3) is 0 Å². The van der Waals surface area contributed by atoms with Crippen molar-refractivity contribution < 1.29 is 22.8 Å². The fourth-order valence-corrected chi connectivity index (χ4v) is 3.61. The van der Waals surface area contributed by atoms with E-state index in [1.165, 1.54) is 4.90 Å². The summed E-state index contributed by atoms with van der Waals surface area (Å²) in [4.78, 5) is 26.1. The molecule has 0 aromatic heterocycles. The smallest absolute Gasteiger partial charge is 0.345 e. The molecule has 1 unspecified atom stereocenters. The second-order valence-corrected chi connectivity index (χ2v) is 5.93. The first kappa shape index (κ1) is 12.7. The van der Waals surface area contributed by atoms with Gasteiger partial charge in [-0.25, -0.2) is 0 Å². The highest BCUT2D eigenvalue weighted by molar-refractivity contribution is 5.90. The van der Waals surface area contributed by atoms with Gasteiger partial charge in [-0.05, 0) is 18.8 Å². The largest absolute Gasteiger partial charge is 0.411 e. The molecule has 0 spiro atoms. The molecule has 0 radical (unpaired) electrons. The molecule has 4 aliphatic rings. The van der Waals surface area contributed by atoms with Gasteiger partial charge in [-0.2, -0.15) is 13.2 Å². The highest BCUT2D eigenvalue weighted by Crippen LogP contribution is 2.58. The van der Waals surface area contributed by atoms with E-state index in [1.54, 1.807) is 7.05 Å². The summed E-state index contributed by atoms with van der Waals surface area (Å²) in [7, 11) is 1.57. The van der Waals surface area contributed by atoms with E-state index in [2.05, 4.69) is 0 Å². The molecule has 0 N–H and O–H groups in total. The average molecular weight is 276 g/mol. The first-order chi connectivity index (χ1) is 8.74. The number of fused-ring (bicyclic) bond motifs is 1. The van der Waals surface area contributed by atoms with Crippen LogP contribution in [0.3, 0.4) is 0 Å². The molecule has 0 aromatic rings. The lowest BCUT2D eigenvalue weighted by atomic mass is 9.72. The van der Waals surface area contributed by atoms with E-state index in [-0.39, 0.29) is 44.2 Å². The zero-order valence-corrected chi connectivity index (χ0v) is 10.5. The van der Waals surface area contributed by atoms with Crippen molar-refractivity contribution >= 4 is 11.8 Å². The van der Waals surface area contributed by atoms with Gasteiger partial charge in [-0.1, -0.05) is 0 Å². The summed E-state index contributed by atoms with van der Waals surface area (Å²) >= 11 is 0. The second kappa shape index (κ2) is 3.64. The number of alkyl halides is 3. The Morgan fingerprint density at radius 1 is 1.32 bits per heavy atom. The van der Waals surface area contributed by atoms with Crippen LogP contribution < -0.4 is 0 Å². The van der Waals surface area contributed by atoms with Gasteiger partial charge in [0.1, 0.15) is 5.54 Å². The standard InChI is InChI=1S/C12H15F3N2O2/c1-16-6-8(2-9(16)18)10(19)17-5-7-3-11(17,4-7)12(13,14)15/h7-8H,2-6H2,1H3. The van der Waals surface area contributed by atoms with Crippen molar-refractivity contribution in [3.63, 3.8) is 0 Å². The number of halogens is 3. The molecule has 1 atom stereocenters. The first-order valence-corrected chi connectivity index (χ1v) is 6.37. The zero-order chi connectivity index (χ0) is 14.0. The minimum Gasteiger partial charge on any atom is -0.345 e. The number of rotatable bonds is 1. The quantitative estimate of drug-likeness (QED) is 0.717. The van der Waals surface area contributed by atoms with E-state index in [0.717, 1.165) is 4.90 Å². The summed E-state index contributed by atoms with van der Waals surface area (Å²) in [6, 6.07) is 0. The summed E-state index contributed by atoms with van der Waals surface area (Å²) in [5.41, 5.74) is -1.95. The van der Waals surface area contributed by atoms with Crippen LogP contribution in [0, 0.1) is 11.8 Å². The van der Waals surface area contributed by atoms with E-state index < -0.39 is 23.5 Å². The van der Waals surface area contributed by atoms with Gasteiger partial charge < -0.3 is 9.80 Å². The summed E-state index contributed by atoms with van der Waals surface area (Å²) in [6.07, 6.45) is -4.29. The van der Waals surface area contributed by atoms with Gasteiger partial charge in [-0.15, -0.1) is 0 Å². The molecule has 2 amide bonds. The number of amides is 2. The van der Waals surface area contributed by atoms with Crippen LogP contribution in [0.5, 0.6) is 0 Å². The van der Waals surface area contributed by atoms with Crippen molar-refractivity contribution in [3.05, 3.63) is 0 Å². The molecule has 106 valence electrons. The monoisotopic (exact) mass is 276 g/mol. The number of carbonyl (C=O) groups is 2. The van der Waals surface area contributed by atoms with Crippen LogP contribution in [0.4, 0.5) is 13.2 Å². The third-order valence-corrected chi connectivity index (χ3v) is 4.69. The van der Waals surface area contributed by atoms with Gasteiger partial charge in [0.05, 0.1) is 5.92 Å². The maximum Gasteiger partial charge on any atom is 0.411 e. The molecular weight excluding hydrogens is 261 g/mol. The van der Waals surface area contributed by atoms with Crippen LogP contribution in [0.15, 0.2) is 0 Å². The van der Waals surface area contributed by atoms with E-state index in [0.29, 0.717) is 0 Å². The number of hydrogen-bond donors (Lipinski definition) is 0. The van der Waals surface area contributed by atoms with Crippen molar-refractivity contribution in [3.8, 4) is 0 Å². The fraction of sp³-hybridized carbons (Fsp3) is 0.833. The fourth-order valence-electron chi connectivity index (χ4n) is 3.61. The lowest BCUT2D eigenvalue weighted by molar-refractivity contribution is -0.237. The molecule has 3 aliphatic heterocycles. The average Bonchev–Trinajstić information content (AvgIpc) is 2.87. The van der Waals surface area contributed by atoms with Crippen molar-refractivity contribution in [1.29, 1.82) is 0 Å². The normalized spacial score (nSPS) is 37.8. The molecule has 3 heterocycles. The second-order valence-electron chi connectivity index (χ2n) is 5.93. The van der Waals surface area contributed by atoms with E-state index in [4.69, 9.17) is 0 Å². The van der Waals surface area contributed by atoms with Gasteiger partial charge in [0.15, 0.2) is 0 Å².